The molecule has 0 saturated carbocycles. The predicted octanol–water partition coefficient (Wildman–Crippen LogP) is 1.25. The van der Waals surface area contributed by atoms with Crippen molar-refractivity contribution in [1.29, 1.82) is 0 Å². The number of benzene rings is 1. The summed E-state index contributed by atoms with van der Waals surface area (Å²) in [5.41, 5.74) is 0.698. The Morgan fingerprint density at radius 2 is 1.89 bits per heavy atom. The van der Waals surface area contributed by atoms with Crippen LogP contribution in [0.4, 0.5) is 5.69 Å². The second-order valence-electron chi connectivity index (χ2n) is 4.38. The number of carbonyl (C=O) groups excluding carboxylic acids is 1. The van der Waals surface area contributed by atoms with Gasteiger partial charge in [0.25, 0.3) is 0 Å². The van der Waals surface area contributed by atoms with Crippen LogP contribution in [0.15, 0.2) is 18.2 Å². The van der Waals surface area contributed by atoms with Crippen molar-refractivity contribution >= 4 is 11.6 Å². The van der Waals surface area contributed by atoms with E-state index in [0.717, 1.165) is 13.1 Å². The van der Waals surface area contributed by atoms with Crippen LogP contribution in [0.3, 0.4) is 0 Å². The van der Waals surface area contributed by atoms with E-state index in [1.807, 2.05) is 0 Å². The van der Waals surface area contributed by atoms with E-state index in [-0.39, 0.29) is 5.91 Å². The predicted molar refractivity (Wildman–Crippen MR) is 69.2 cm³/mol. The summed E-state index contributed by atoms with van der Waals surface area (Å²) in [4.78, 5) is 11.8. The molecule has 0 unspecified atom stereocenters. The summed E-state index contributed by atoms with van der Waals surface area (Å²) in [5.74, 6) is 1.80. The first kappa shape index (κ1) is 12.7. The molecule has 0 spiro atoms. The van der Waals surface area contributed by atoms with Crippen LogP contribution in [0, 0.1) is 5.92 Å². The van der Waals surface area contributed by atoms with Crippen molar-refractivity contribution < 1.29 is 14.3 Å². The normalized spacial score (nSPS) is 14.8. The number of ether oxygens (including phenoxy) is 2. The molecule has 1 heterocycles. The van der Waals surface area contributed by atoms with E-state index in [4.69, 9.17) is 9.47 Å². The van der Waals surface area contributed by atoms with Crippen LogP contribution < -0.4 is 20.1 Å². The van der Waals surface area contributed by atoms with Crippen LogP contribution >= 0.6 is 0 Å². The molecule has 0 radical (unpaired) electrons. The van der Waals surface area contributed by atoms with E-state index < -0.39 is 0 Å². The highest BCUT2D eigenvalue weighted by Crippen LogP contribution is 2.26. The van der Waals surface area contributed by atoms with E-state index in [1.165, 1.54) is 0 Å². The van der Waals surface area contributed by atoms with Crippen LogP contribution in [-0.2, 0) is 4.79 Å². The monoisotopic (exact) mass is 250 g/mol. The molecule has 5 heteroatoms. The number of anilines is 1. The molecular formula is C13H18N2O3. The van der Waals surface area contributed by atoms with E-state index in [2.05, 4.69) is 10.6 Å². The van der Waals surface area contributed by atoms with Gasteiger partial charge in [0.2, 0.25) is 5.91 Å². The van der Waals surface area contributed by atoms with Crippen molar-refractivity contribution in [2.45, 2.75) is 6.42 Å². The van der Waals surface area contributed by atoms with Crippen molar-refractivity contribution in [2.75, 3.05) is 32.6 Å². The van der Waals surface area contributed by atoms with Gasteiger partial charge in [-0.15, -0.1) is 0 Å². The minimum atomic E-state index is 0.0248. The lowest BCUT2D eigenvalue weighted by Gasteiger charge is -2.26. The Kier molecular flexibility index (Phi) is 4.04. The Bertz CT molecular complexity index is 408. The van der Waals surface area contributed by atoms with E-state index in [1.54, 1.807) is 32.4 Å². The Labute approximate surface area is 106 Å². The highest BCUT2D eigenvalue weighted by Gasteiger charge is 2.20. The molecule has 98 valence electrons. The third kappa shape index (κ3) is 3.13. The van der Waals surface area contributed by atoms with Crippen LogP contribution in [0.1, 0.15) is 6.42 Å². The summed E-state index contributed by atoms with van der Waals surface area (Å²) in [7, 11) is 3.17. The third-order valence-corrected chi connectivity index (χ3v) is 2.98. The molecule has 1 saturated heterocycles. The highest BCUT2D eigenvalue weighted by molar-refractivity contribution is 5.91. The molecule has 0 aliphatic carbocycles. The van der Waals surface area contributed by atoms with Gasteiger partial charge in [-0.25, -0.2) is 0 Å². The van der Waals surface area contributed by atoms with Gasteiger partial charge in [-0.2, -0.15) is 0 Å². The zero-order valence-corrected chi connectivity index (χ0v) is 10.7. The quantitative estimate of drug-likeness (QED) is 0.825. The van der Waals surface area contributed by atoms with Crippen molar-refractivity contribution in [3.05, 3.63) is 18.2 Å². The van der Waals surface area contributed by atoms with Gasteiger partial charge in [0.1, 0.15) is 11.5 Å². The molecule has 1 fully saturated rings. The zero-order valence-electron chi connectivity index (χ0n) is 10.7. The first-order chi connectivity index (χ1) is 8.71. The van der Waals surface area contributed by atoms with Crippen LogP contribution in [0.2, 0.25) is 0 Å². The zero-order chi connectivity index (χ0) is 13.0. The highest BCUT2D eigenvalue weighted by atomic mass is 16.5. The number of carbonyl (C=O) groups is 1. The molecule has 2 rings (SSSR count). The average Bonchev–Trinajstić information content (AvgIpc) is 2.33. The number of methoxy groups -OCH3 is 2. The molecular weight excluding hydrogens is 232 g/mol. The first-order valence-electron chi connectivity index (χ1n) is 5.95. The second kappa shape index (κ2) is 5.73. The van der Waals surface area contributed by atoms with Crippen LogP contribution in [0.25, 0.3) is 0 Å². The lowest BCUT2D eigenvalue weighted by atomic mass is 9.99. The van der Waals surface area contributed by atoms with Gasteiger partial charge in [-0.1, -0.05) is 0 Å². The smallest absolute Gasteiger partial charge is 0.224 e. The molecule has 18 heavy (non-hydrogen) atoms. The largest absolute Gasteiger partial charge is 0.497 e. The summed E-state index contributed by atoms with van der Waals surface area (Å²) in [6.07, 6.45) is 0.548. The van der Waals surface area contributed by atoms with Crippen molar-refractivity contribution in [1.82, 2.24) is 5.32 Å². The molecule has 1 aromatic rings. The van der Waals surface area contributed by atoms with Gasteiger partial charge < -0.3 is 20.1 Å². The Morgan fingerprint density at radius 3 is 2.33 bits per heavy atom. The minimum absolute atomic E-state index is 0.0248. The molecule has 0 aromatic heterocycles. The van der Waals surface area contributed by atoms with Gasteiger partial charge in [0.15, 0.2) is 0 Å². The van der Waals surface area contributed by atoms with Crippen LogP contribution in [-0.4, -0.2) is 33.2 Å². The number of hydrogen-bond acceptors (Lipinski definition) is 4. The number of amides is 1. The first-order valence-corrected chi connectivity index (χ1v) is 5.95. The maximum absolute atomic E-state index is 11.8. The minimum Gasteiger partial charge on any atom is -0.497 e. The topological polar surface area (TPSA) is 59.6 Å². The summed E-state index contributed by atoms with van der Waals surface area (Å²) < 4.78 is 10.3. The molecule has 0 atom stereocenters. The maximum Gasteiger partial charge on any atom is 0.224 e. The van der Waals surface area contributed by atoms with Crippen molar-refractivity contribution in [3.63, 3.8) is 0 Å². The lowest BCUT2D eigenvalue weighted by molar-refractivity contribution is -0.117. The van der Waals surface area contributed by atoms with Gasteiger partial charge in [0.05, 0.1) is 14.2 Å². The summed E-state index contributed by atoms with van der Waals surface area (Å²) in [6, 6.07) is 5.32. The van der Waals surface area contributed by atoms with Gasteiger partial charge in [0, 0.05) is 30.3 Å². The fourth-order valence-corrected chi connectivity index (χ4v) is 1.85. The second-order valence-corrected chi connectivity index (χ2v) is 4.38. The Balaban J connectivity index is 2.00. The summed E-state index contributed by atoms with van der Waals surface area (Å²) in [6.45, 7) is 1.85. The third-order valence-electron chi connectivity index (χ3n) is 2.98. The van der Waals surface area contributed by atoms with Gasteiger partial charge in [-0.05, 0) is 19.0 Å². The Hall–Kier alpha value is -1.75. The molecule has 2 N–H and O–H groups in total. The van der Waals surface area contributed by atoms with Gasteiger partial charge >= 0.3 is 0 Å². The summed E-state index contributed by atoms with van der Waals surface area (Å²) >= 11 is 0. The SMILES string of the molecule is COc1cc(NC(=O)CC2CNC2)cc(OC)c1. The Morgan fingerprint density at radius 1 is 1.28 bits per heavy atom. The molecule has 0 bridgehead atoms. The van der Waals surface area contributed by atoms with Crippen LogP contribution in [0.5, 0.6) is 11.5 Å². The molecule has 1 aliphatic heterocycles. The fraction of sp³-hybridized carbons (Fsp3) is 0.462. The standard InChI is InChI=1S/C13H18N2O3/c1-17-11-4-10(5-12(6-11)18-2)15-13(16)3-9-7-14-8-9/h4-6,9,14H,3,7-8H2,1-2H3,(H,15,16). The number of nitrogens with one attached hydrogen (secondary N) is 2. The molecule has 1 aromatic carbocycles. The number of hydrogen-bond donors (Lipinski definition) is 2. The summed E-state index contributed by atoms with van der Waals surface area (Å²) in [5, 5.41) is 6.01. The molecule has 5 nitrogen and oxygen atoms in total. The number of rotatable bonds is 5. The fourth-order valence-electron chi connectivity index (χ4n) is 1.85. The average molecular weight is 250 g/mol. The van der Waals surface area contributed by atoms with Gasteiger partial charge in [-0.3, -0.25) is 4.79 Å². The molecule has 1 amide bonds. The van der Waals surface area contributed by atoms with E-state index in [9.17, 15) is 4.79 Å². The van der Waals surface area contributed by atoms with Crippen molar-refractivity contribution in [3.8, 4) is 11.5 Å². The molecule has 1 aliphatic rings. The lowest BCUT2D eigenvalue weighted by Crippen LogP contribution is -2.43. The maximum atomic E-state index is 11.8. The van der Waals surface area contributed by atoms with Crippen molar-refractivity contribution in [2.24, 2.45) is 5.92 Å². The van der Waals surface area contributed by atoms with E-state index in [0.29, 0.717) is 29.5 Å². The van der Waals surface area contributed by atoms with E-state index >= 15 is 0 Å².